The van der Waals surface area contributed by atoms with Crippen molar-refractivity contribution < 1.29 is 5.11 Å². The second-order valence-corrected chi connectivity index (χ2v) is 3.48. The quantitative estimate of drug-likeness (QED) is 0.794. The highest BCUT2D eigenvalue weighted by Crippen LogP contribution is 2.23. The second-order valence-electron chi connectivity index (χ2n) is 2.26. The molecule has 0 heterocycles. The molecule has 1 aromatic rings. The molecule has 0 spiro atoms. The summed E-state index contributed by atoms with van der Waals surface area (Å²) < 4.78 is 0.864. The smallest absolute Gasteiger partial charge is 0.123 e. The average molecular weight is 248 g/mol. The molecule has 0 saturated heterocycles. The first kappa shape index (κ1) is 9.62. The van der Waals surface area contributed by atoms with Gasteiger partial charge >= 0.3 is 0 Å². The third-order valence-corrected chi connectivity index (χ3v) is 2.05. The highest BCUT2D eigenvalue weighted by Gasteiger charge is 1.96. The van der Waals surface area contributed by atoms with E-state index in [-0.39, 0.29) is 5.75 Å². The molecule has 0 amide bonds. The molecule has 1 rings (SSSR count). The highest BCUT2D eigenvalue weighted by atomic mass is 79.9. The normalized spacial score (nSPS) is 10.8. The summed E-state index contributed by atoms with van der Waals surface area (Å²) >= 11 is 8.71. The van der Waals surface area contributed by atoms with Crippen LogP contribution in [0.4, 0.5) is 0 Å². The molecule has 0 saturated carbocycles. The first-order valence-electron chi connectivity index (χ1n) is 3.45. The number of allylic oxidation sites excluding steroid dienone is 1. The van der Waals surface area contributed by atoms with E-state index in [0.717, 1.165) is 10.0 Å². The Hall–Kier alpha value is -0.470. The fourth-order valence-electron chi connectivity index (χ4n) is 0.829. The fraction of sp³-hybridized carbons (Fsp3) is 0.111. The fourth-order valence-corrected chi connectivity index (χ4v) is 1.27. The van der Waals surface area contributed by atoms with Gasteiger partial charge in [-0.3, -0.25) is 0 Å². The Balaban J connectivity index is 2.94. The van der Waals surface area contributed by atoms with E-state index in [4.69, 9.17) is 11.6 Å². The Bertz CT molecular complexity index is 297. The van der Waals surface area contributed by atoms with Gasteiger partial charge in [0.05, 0.1) is 0 Å². The van der Waals surface area contributed by atoms with Crippen LogP contribution in [0.1, 0.15) is 5.56 Å². The minimum absolute atomic E-state index is 0.255. The minimum atomic E-state index is 0.255. The van der Waals surface area contributed by atoms with Gasteiger partial charge in [0.15, 0.2) is 0 Å². The zero-order valence-electron chi connectivity index (χ0n) is 6.30. The van der Waals surface area contributed by atoms with Crippen LogP contribution in [0.2, 0.25) is 0 Å². The van der Waals surface area contributed by atoms with E-state index in [1.54, 1.807) is 18.2 Å². The first-order valence-corrected chi connectivity index (χ1v) is 4.78. The van der Waals surface area contributed by atoms with Crippen molar-refractivity contribution in [1.82, 2.24) is 0 Å². The number of hydrogen-bond donors (Lipinski definition) is 1. The molecule has 1 nitrogen and oxygen atoms in total. The second kappa shape index (κ2) is 4.53. The van der Waals surface area contributed by atoms with Gasteiger partial charge in [-0.15, -0.1) is 11.6 Å². The van der Waals surface area contributed by atoms with Gasteiger partial charge in [0.25, 0.3) is 0 Å². The maximum atomic E-state index is 9.39. The Labute approximate surface area is 84.8 Å². The van der Waals surface area contributed by atoms with Gasteiger partial charge in [0.1, 0.15) is 5.75 Å². The average Bonchev–Trinajstić information content (AvgIpc) is 2.03. The summed E-state index contributed by atoms with van der Waals surface area (Å²) in [7, 11) is 0. The van der Waals surface area contributed by atoms with Gasteiger partial charge in [0, 0.05) is 15.9 Å². The number of hydrogen-bond acceptors (Lipinski definition) is 1. The molecule has 0 unspecified atom stereocenters. The number of alkyl halides is 1. The number of rotatable bonds is 2. The van der Waals surface area contributed by atoms with Gasteiger partial charge < -0.3 is 5.11 Å². The Morgan fingerprint density at radius 2 is 2.25 bits per heavy atom. The van der Waals surface area contributed by atoms with E-state index in [1.165, 1.54) is 0 Å². The lowest BCUT2D eigenvalue weighted by Crippen LogP contribution is -1.74. The Kier molecular flexibility index (Phi) is 3.63. The van der Waals surface area contributed by atoms with E-state index in [2.05, 4.69) is 15.9 Å². The van der Waals surface area contributed by atoms with Crippen molar-refractivity contribution in [3.8, 4) is 5.75 Å². The van der Waals surface area contributed by atoms with Gasteiger partial charge in [-0.25, -0.2) is 0 Å². The zero-order chi connectivity index (χ0) is 8.97. The maximum Gasteiger partial charge on any atom is 0.123 e. The molecule has 0 atom stereocenters. The summed E-state index contributed by atoms with van der Waals surface area (Å²) in [6, 6.07) is 5.34. The molecule has 0 radical (unpaired) electrons. The summed E-state index contributed by atoms with van der Waals surface area (Å²) in [4.78, 5) is 0. The van der Waals surface area contributed by atoms with E-state index in [1.807, 2.05) is 12.1 Å². The third-order valence-electron chi connectivity index (χ3n) is 1.38. The lowest BCUT2D eigenvalue weighted by atomic mass is 10.2. The van der Waals surface area contributed by atoms with Crippen LogP contribution in [0, 0.1) is 0 Å². The minimum Gasteiger partial charge on any atom is -0.507 e. The zero-order valence-corrected chi connectivity index (χ0v) is 8.64. The van der Waals surface area contributed by atoms with Gasteiger partial charge in [0.2, 0.25) is 0 Å². The number of phenols is 1. The number of halogens is 2. The Morgan fingerprint density at radius 3 is 2.83 bits per heavy atom. The van der Waals surface area contributed by atoms with Gasteiger partial charge in [-0.05, 0) is 12.1 Å². The van der Waals surface area contributed by atoms with Crippen molar-refractivity contribution in [1.29, 1.82) is 0 Å². The lowest BCUT2D eigenvalue weighted by Gasteiger charge is -1.98. The molecular weight excluding hydrogens is 239 g/mol. The molecule has 1 N–H and O–H groups in total. The van der Waals surface area contributed by atoms with E-state index < -0.39 is 0 Å². The van der Waals surface area contributed by atoms with Crippen molar-refractivity contribution in [3.05, 3.63) is 34.3 Å². The monoisotopic (exact) mass is 246 g/mol. The standard InChI is InChI=1S/C9H8BrClO/c10-8-4-3-7(2-1-5-11)9(12)6-8/h1-4,6,12H,5H2. The summed E-state index contributed by atoms with van der Waals surface area (Å²) in [6.07, 6.45) is 3.57. The van der Waals surface area contributed by atoms with Crippen LogP contribution >= 0.6 is 27.5 Å². The van der Waals surface area contributed by atoms with Crippen molar-refractivity contribution in [2.24, 2.45) is 0 Å². The van der Waals surface area contributed by atoms with Crippen LogP contribution in [-0.2, 0) is 0 Å². The highest BCUT2D eigenvalue weighted by molar-refractivity contribution is 9.10. The predicted molar refractivity (Wildman–Crippen MR) is 55.6 cm³/mol. The molecule has 0 aliphatic carbocycles. The van der Waals surface area contributed by atoms with Crippen LogP contribution in [0.15, 0.2) is 28.7 Å². The molecule has 12 heavy (non-hydrogen) atoms. The van der Waals surface area contributed by atoms with Gasteiger partial charge in [-0.2, -0.15) is 0 Å². The topological polar surface area (TPSA) is 20.2 Å². The third kappa shape index (κ3) is 2.54. The van der Waals surface area contributed by atoms with E-state index in [9.17, 15) is 5.11 Å². The predicted octanol–water partition coefficient (Wildman–Crippen LogP) is 3.41. The van der Waals surface area contributed by atoms with Crippen LogP contribution in [-0.4, -0.2) is 11.0 Å². The van der Waals surface area contributed by atoms with Crippen molar-refractivity contribution in [2.45, 2.75) is 0 Å². The van der Waals surface area contributed by atoms with Gasteiger partial charge in [-0.1, -0.05) is 34.1 Å². The molecule has 0 fully saturated rings. The number of phenolic OH excluding ortho intramolecular Hbond substituents is 1. The molecule has 0 aliphatic heterocycles. The molecule has 3 heteroatoms. The van der Waals surface area contributed by atoms with Crippen LogP contribution < -0.4 is 0 Å². The van der Waals surface area contributed by atoms with E-state index >= 15 is 0 Å². The summed E-state index contributed by atoms with van der Waals surface area (Å²) in [6.45, 7) is 0. The van der Waals surface area contributed by atoms with Crippen LogP contribution in [0.25, 0.3) is 6.08 Å². The van der Waals surface area contributed by atoms with Crippen molar-refractivity contribution in [3.63, 3.8) is 0 Å². The Morgan fingerprint density at radius 1 is 1.50 bits per heavy atom. The van der Waals surface area contributed by atoms with Crippen molar-refractivity contribution in [2.75, 3.05) is 5.88 Å². The molecule has 1 aromatic carbocycles. The SMILES string of the molecule is Oc1cc(Br)ccc1C=CCCl. The summed E-state index contributed by atoms with van der Waals surface area (Å²) in [5, 5.41) is 9.39. The molecule has 0 bridgehead atoms. The van der Waals surface area contributed by atoms with Crippen LogP contribution in [0.3, 0.4) is 0 Å². The lowest BCUT2D eigenvalue weighted by molar-refractivity contribution is 0.473. The number of aromatic hydroxyl groups is 1. The summed E-state index contributed by atoms with van der Waals surface area (Å²) in [5.74, 6) is 0.709. The van der Waals surface area contributed by atoms with Crippen molar-refractivity contribution >= 4 is 33.6 Å². The maximum absolute atomic E-state index is 9.39. The largest absolute Gasteiger partial charge is 0.507 e. The molecule has 0 aromatic heterocycles. The van der Waals surface area contributed by atoms with Crippen LogP contribution in [0.5, 0.6) is 5.75 Å². The molecular formula is C9H8BrClO. The molecule has 0 aliphatic rings. The first-order chi connectivity index (χ1) is 5.74. The summed E-state index contributed by atoms with van der Waals surface area (Å²) in [5.41, 5.74) is 0.777. The van der Waals surface area contributed by atoms with E-state index in [0.29, 0.717) is 5.88 Å². The molecule has 64 valence electrons. The number of benzene rings is 1.